The first kappa shape index (κ1) is 26.5. The Labute approximate surface area is 230 Å². The molecule has 0 aromatic heterocycles. The van der Waals surface area contributed by atoms with Crippen LogP contribution in [0.15, 0.2) is 128 Å². The second-order valence-electron chi connectivity index (χ2n) is 8.57. The number of para-hydroxylation sites is 1. The van der Waals surface area contributed by atoms with Crippen molar-refractivity contribution < 1.29 is 22.8 Å². The second kappa shape index (κ2) is 11.3. The van der Waals surface area contributed by atoms with Crippen LogP contribution in [0, 0.1) is 0 Å². The van der Waals surface area contributed by atoms with Crippen LogP contribution in [0.3, 0.4) is 0 Å². The Kier molecular flexibility index (Phi) is 7.49. The fourth-order valence-corrected chi connectivity index (χ4v) is 4.59. The molecule has 3 N–H and O–H groups in total. The average Bonchev–Trinajstić information content (AvgIpc) is 2.96. The van der Waals surface area contributed by atoms with Gasteiger partial charge in [0.1, 0.15) is 22.0 Å². The maximum atomic E-state index is 12.3. The highest BCUT2D eigenvalue weighted by atomic mass is 32.2. The molecule has 0 bridgehead atoms. The summed E-state index contributed by atoms with van der Waals surface area (Å²) in [5.74, 6) is -0.161. The Morgan fingerprint density at radius 1 is 0.725 bits per heavy atom. The van der Waals surface area contributed by atoms with Gasteiger partial charge in [0.15, 0.2) is 5.75 Å². The van der Waals surface area contributed by atoms with E-state index < -0.39 is 26.5 Å². The van der Waals surface area contributed by atoms with E-state index in [1.54, 1.807) is 36.4 Å². The Bertz CT molecular complexity index is 1840. The van der Waals surface area contributed by atoms with Gasteiger partial charge in [-0.3, -0.25) is 4.55 Å². The molecule has 0 atom stereocenters. The summed E-state index contributed by atoms with van der Waals surface area (Å²) >= 11 is 0. The number of aromatic hydroxyl groups is 1. The molecule has 40 heavy (non-hydrogen) atoms. The zero-order chi connectivity index (χ0) is 28.1. The molecule has 5 aromatic carbocycles. The summed E-state index contributed by atoms with van der Waals surface area (Å²) in [5.41, 5.74) is 2.48. The van der Waals surface area contributed by atoms with Crippen LogP contribution in [0.2, 0.25) is 0 Å². The maximum absolute atomic E-state index is 12.3. The molecule has 11 heteroatoms. The van der Waals surface area contributed by atoms with Gasteiger partial charge in [-0.15, -0.1) is 10.2 Å². The number of nitrogens with one attached hydrogen (secondary N) is 1. The number of methoxy groups -OCH3 is 1. The Balaban J connectivity index is 1.50. The lowest BCUT2D eigenvalue weighted by molar-refractivity contribution is 0.416. The summed E-state index contributed by atoms with van der Waals surface area (Å²) in [7, 11) is -3.34. The van der Waals surface area contributed by atoms with E-state index in [9.17, 15) is 18.1 Å². The molecule has 5 aromatic rings. The number of nitrogens with zero attached hydrogens (tertiary/aromatic N) is 4. The maximum Gasteiger partial charge on any atom is 0.296 e. The van der Waals surface area contributed by atoms with Crippen LogP contribution < -0.4 is 10.1 Å². The Morgan fingerprint density at radius 2 is 1.43 bits per heavy atom. The second-order valence-corrected chi connectivity index (χ2v) is 9.96. The fraction of sp³-hybridized carbons (Fsp3) is 0.0345. The van der Waals surface area contributed by atoms with Crippen molar-refractivity contribution in [1.82, 2.24) is 0 Å². The highest BCUT2D eigenvalue weighted by Gasteiger charge is 2.22. The normalized spacial score (nSPS) is 11.8. The molecular weight excluding hydrogens is 530 g/mol. The van der Waals surface area contributed by atoms with E-state index >= 15 is 0 Å². The topological polar surface area (TPSA) is 145 Å². The standard InChI is InChI=1S/C29H23N5O5S/c1-39-26-18-23(32-31-21-10-6-3-7-11-21)13-15-25(26)33-34-28-27(40(36,37)38)17-19-16-22(12-14-24(19)29(28)35)30-20-8-4-2-5-9-20/h2-18,30,35H,1H3,(H,36,37,38). The summed E-state index contributed by atoms with van der Waals surface area (Å²) in [5, 5.41) is 31.4. The third-order valence-corrected chi connectivity index (χ3v) is 6.72. The zero-order valence-corrected chi connectivity index (χ0v) is 21.9. The van der Waals surface area contributed by atoms with E-state index in [-0.39, 0.29) is 5.69 Å². The first-order chi connectivity index (χ1) is 19.3. The lowest BCUT2D eigenvalue weighted by Crippen LogP contribution is -1.99. The number of benzene rings is 5. The van der Waals surface area contributed by atoms with Gasteiger partial charge in [0.05, 0.1) is 18.5 Å². The summed E-state index contributed by atoms with van der Waals surface area (Å²) < 4.78 is 39.9. The minimum atomic E-state index is -4.77. The van der Waals surface area contributed by atoms with Crippen molar-refractivity contribution in [3.8, 4) is 11.5 Å². The van der Waals surface area contributed by atoms with Crippen LogP contribution in [0.5, 0.6) is 11.5 Å². The molecule has 5 rings (SSSR count). The molecule has 0 heterocycles. The first-order valence-electron chi connectivity index (χ1n) is 12.0. The van der Waals surface area contributed by atoms with Gasteiger partial charge in [-0.05, 0) is 66.0 Å². The van der Waals surface area contributed by atoms with Gasteiger partial charge in [-0.2, -0.15) is 18.6 Å². The summed E-state index contributed by atoms with van der Waals surface area (Å²) in [6.07, 6.45) is 0. The molecule has 0 spiro atoms. The SMILES string of the molecule is COc1cc(N=Nc2ccccc2)ccc1N=Nc1c(S(=O)(=O)O)cc2cc(Nc3ccccc3)ccc2c1O. The van der Waals surface area contributed by atoms with Crippen LogP contribution in [-0.4, -0.2) is 25.2 Å². The molecule has 0 saturated carbocycles. The van der Waals surface area contributed by atoms with Gasteiger partial charge < -0.3 is 15.2 Å². The lowest BCUT2D eigenvalue weighted by atomic mass is 10.1. The predicted molar refractivity (Wildman–Crippen MR) is 153 cm³/mol. The number of azo groups is 2. The van der Waals surface area contributed by atoms with Gasteiger partial charge in [0, 0.05) is 22.8 Å². The summed E-state index contributed by atoms with van der Waals surface area (Å²) in [6, 6.07) is 29.6. The van der Waals surface area contributed by atoms with Crippen LogP contribution in [0.1, 0.15) is 0 Å². The molecular formula is C29H23N5O5S. The van der Waals surface area contributed by atoms with Crippen molar-refractivity contribution in [2.45, 2.75) is 4.90 Å². The summed E-state index contributed by atoms with van der Waals surface area (Å²) in [6.45, 7) is 0. The smallest absolute Gasteiger partial charge is 0.296 e. The van der Waals surface area contributed by atoms with Crippen molar-refractivity contribution in [2.24, 2.45) is 20.5 Å². The van der Waals surface area contributed by atoms with Gasteiger partial charge >= 0.3 is 0 Å². The highest BCUT2D eigenvalue weighted by molar-refractivity contribution is 7.86. The minimum absolute atomic E-state index is 0.240. The number of fused-ring (bicyclic) bond motifs is 1. The van der Waals surface area contributed by atoms with Crippen molar-refractivity contribution in [2.75, 3.05) is 12.4 Å². The molecule has 200 valence electrons. The van der Waals surface area contributed by atoms with Crippen LogP contribution in [0.25, 0.3) is 10.8 Å². The predicted octanol–water partition coefficient (Wildman–Crippen LogP) is 8.38. The molecule has 0 aliphatic heterocycles. The number of phenolic OH excluding ortho intramolecular Hbond substituents is 1. The summed E-state index contributed by atoms with van der Waals surface area (Å²) in [4.78, 5) is -0.592. The van der Waals surface area contributed by atoms with Gasteiger partial charge in [0.2, 0.25) is 0 Å². The number of phenols is 1. The number of ether oxygens (including phenoxy) is 1. The number of rotatable bonds is 8. The van der Waals surface area contributed by atoms with E-state index in [4.69, 9.17) is 4.74 Å². The molecule has 0 radical (unpaired) electrons. The largest absolute Gasteiger partial charge is 0.505 e. The van der Waals surface area contributed by atoms with Crippen LogP contribution >= 0.6 is 0 Å². The van der Waals surface area contributed by atoms with Crippen LogP contribution in [-0.2, 0) is 10.1 Å². The molecule has 0 saturated heterocycles. The number of anilines is 2. The molecule has 0 fully saturated rings. The van der Waals surface area contributed by atoms with Crippen molar-refractivity contribution >= 4 is 55.0 Å². The molecule has 0 aliphatic rings. The molecule has 10 nitrogen and oxygen atoms in total. The van der Waals surface area contributed by atoms with E-state index in [0.717, 1.165) is 5.69 Å². The van der Waals surface area contributed by atoms with Crippen LogP contribution in [0.4, 0.5) is 34.1 Å². The van der Waals surface area contributed by atoms with Gasteiger partial charge in [-0.25, -0.2) is 0 Å². The molecule has 0 amide bonds. The highest BCUT2D eigenvalue weighted by Crippen LogP contribution is 2.43. The first-order valence-corrected chi connectivity index (χ1v) is 13.4. The lowest BCUT2D eigenvalue weighted by Gasteiger charge is -2.12. The molecule has 0 unspecified atom stereocenters. The van der Waals surface area contributed by atoms with Crippen molar-refractivity contribution in [1.29, 1.82) is 0 Å². The average molecular weight is 554 g/mol. The van der Waals surface area contributed by atoms with Crippen molar-refractivity contribution in [3.05, 3.63) is 103 Å². The van der Waals surface area contributed by atoms with E-state index in [2.05, 4.69) is 25.8 Å². The minimum Gasteiger partial charge on any atom is -0.505 e. The number of hydrogen-bond acceptors (Lipinski definition) is 9. The third-order valence-electron chi connectivity index (χ3n) is 5.85. The Morgan fingerprint density at radius 3 is 2.12 bits per heavy atom. The zero-order valence-electron chi connectivity index (χ0n) is 21.1. The van der Waals surface area contributed by atoms with E-state index in [0.29, 0.717) is 33.6 Å². The van der Waals surface area contributed by atoms with Gasteiger partial charge in [0.25, 0.3) is 10.1 Å². The van der Waals surface area contributed by atoms with E-state index in [1.807, 2.05) is 60.7 Å². The van der Waals surface area contributed by atoms with Crippen molar-refractivity contribution in [3.63, 3.8) is 0 Å². The Hall–Kier alpha value is -5.13. The van der Waals surface area contributed by atoms with E-state index in [1.165, 1.54) is 13.2 Å². The van der Waals surface area contributed by atoms with Gasteiger partial charge in [-0.1, -0.05) is 36.4 Å². The molecule has 0 aliphatic carbocycles. The number of hydrogen-bond donors (Lipinski definition) is 3. The quantitative estimate of drug-likeness (QED) is 0.130. The third kappa shape index (κ3) is 5.96. The fourth-order valence-electron chi connectivity index (χ4n) is 3.94. The monoisotopic (exact) mass is 553 g/mol.